The van der Waals surface area contributed by atoms with Crippen LogP contribution in [0.25, 0.3) is 5.65 Å². The zero-order valence-corrected chi connectivity index (χ0v) is 8.77. The third-order valence-corrected chi connectivity index (χ3v) is 2.65. The number of aromatic nitrogens is 4. The molecule has 15 heavy (non-hydrogen) atoms. The van der Waals surface area contributed by atoms with E-state index in [-0.39, 0.29) is 5.28 Å². The summed E-state index contributed by atoms with van der Waals surface area (Å²) < 4.78 is 7.01. The fourth-order valence-electron chi connectivity index (χ4n) is 1.61. The van der Waals surface area contributed by atoms with E-state index in [1.165, 1.54) is 4.52 Å². The van der Waals surface area contributed by atoms with E-state index in [1.54, 1.807) is 6.20 Å². The van der Waals surface area contributed by atoms with Crippen LogP contribution in [0.3, 0.4) is 0 Å². The van der Waals surface area contributed by atoms with Crippen molar-refractivity contribution < 1.29 is 4.74 Å². The molecule has 1 aliphatic rings. The Bertz CT molecular complexity index is 525. The van der Waals surface area contributed by atoms with Crippen molar-refractivity contribution in [2.75, 3.05) is 25.1 Å². The van der Waals surface area contributed by atoms with Gasteiger partial charge in [-0.15, -0.1) is 10.2 Å². The van der Waals surface area contributed by atoms with Crippen LogP contribution in [0.1, 0.15) is 0 Å². The lowest BCUT2D eigenvalue weighted by Gasteiger charge is -2.26. The molecule has 0 N–H and O–H groups in total. The first-order chi connectivity index (χ1) is 7.27. The Morgan fingerprint density at radius 3 is 3.20 bits per heavy atom. The third-order valence-electron chi connectivity index (χ3n) is 2.42. The maximum absolute atomic E-state index is 5.81. The Morgan fingerprint density at radius 1 is 1.47 bits per heavy atom. The molecule has 0 fully saturated rings. The van der Waals surface area contributed by atoms with E-state index in [0.717, 1.165) is 12.2 Å². The van der Waals surface area contributed by atoms with Gasteiger partial charge in [-0.2, -0.15) is 9.61 Å². The van der Waals surface area contributed by atoms with Crippen molar-refractivity contribution in [3.05, 3.63) is 11.5 Å². The first-order valence-electron chi connectivity index (χ1n) is 4.51. The minimum Gasteiger partial charge on any atom is -0.486 e. The number of fused-ring (bicyclic) bond motifs is 3. The molecule has 2 aromatic rings. The first-order valence-corrected chi connectivity index (χ1v) is 4.89. The third kappa shape index (κ3) is 1.14. The molecule has 0 aliphatic carbocycles. The van der Waals surface area contributed by atoms with E-state index in [1.807, 2.05) is 7.05 Å². The molecule has 0 saturated heterocycles. The lowest BCUT2D eigenvalue weighted by Crippen LogP contribution is -2.29. The summed E-state index contributed by atoms with van der Waals surface area (Å²) in [6.07, 6.45) is 1.71. The number of anilines is 1. The van der Waals surface area contributed by atoms with Crippen molar-refractivity contribution in [3.8, 4) is 5.75 Å². The van der Waals surface area contributed by atoms with Crippen molar-refractivity contribution in [1.29, 1.82) is 0 Å². The van der Waals surface area contributed by atoms with Crippen molar-refractivity contribution in [2.45, 2.75) is 0 Å². The molecule has 0 unspecified atom stereocenters. The molecule has 6 nitrogen and oxygen atoms in total. The van der Waals surface area contributed by atoms with Gasteiger partial charge in [0.05, 0.1) is 12.7 Å². The molecule has 7 heteroatoms. The van der Waals surface area contributed by atoms with Gasteiger partial charge in [-0.3, -0.25) is 0 Å². The lowest BCUT2D eigenvalue weighted by atomic mass is 10.3. The standard InChI is InChI=1S/C8H8ClN5O/c1-13-2-3-15-6-5(13)4-10-14-7(6)11-12-8(14)9/h4H,2-3H2,1H3. The number of nitrogens with zero attached hydrogens (tertiary/aromatic N) is 5. The average molecular weight is 226 g/mol. The summed E-state index contributed by atoms with van der Waals surface area (Å²) >= 11 is 5.81. The maximum Gasteiger partial charge on any atom is 0.246 e. The number of hydrogen-bond donors (Lipinski definition) is 0. The van der Waals surface area contributed by atoms with E-state index in [0.29, 0.717) is 18.0 Å². The van der Waals surface area contributed by atoms with Gasteiger partial charge in [0.25, 0.3) is 0 Å². The molecule has 0 saturated carbocycles. The van der Waals surface area contributed by atoms with Gasteiger partial charge in [0.15, 0.2) is 5.75 Å². The van der Waals surface area contributed by atoms with E-state index in [2.05, 4.69) is 20.2 Å². The van der Waals surface area contributed by atoms with Gasteiger partial charge in [-0.05, 0) is 11.6 Å². The summed E-state index contributed by atoms with van der Waals surface area (Å²) in [5.41, 5.74) is 1.47. The summed E-state index contributed by atoms with van der Waals surface area (Å²) in [6.45, 7) is 1.47. The summed E-state index contributed by atoms with van der Waals surface area (Å²) in [5.74, 6) is 0.693. The van der Waals surface area contributed by atoms with Gasteiger partial charge in [0, 0.05) is 7.05 Å². The van der Waals surface area contributed by atoms with E-state index >= 15 is 0 Å². The Morgan fingerprint density at radius 2 is 2.33 bits per heavy atom. The fraction of sp³-hybridized carbons (Fsp3) is 0.375. The Kier molecular flexibility index (Phi) is 1.72. The zero-order valence-electron chi connectivity index (χ0n) is 8.01. The highest BCUT2D eigenvalue weighted by Gasteiger charge is 2.21. The minimum atomic E-state index is 0.240. The Balaban J connectivity index is 2.33. The molecular weight excluding hydrogens is 218 g/mol. The van der Waals surface area contributed by atoms with Crippen LogP contribution in [0, 0.1) is 0 Å². The van der Waals surface area contributed by atoms with E-state index in [4.69, 9.17) is 16.3 Å². The van der Waals surface area contributed by atoms with Gasteiger partial charge in [-0.1, -0.05) is 0 Å². The molecular formula is C8H8ClN5O. The summed E-state index contributed by atoms with van der Waals surface area (Å²) in [7, 11) is 1.98. The van der Waals surface area contributed by atoms with Gasteiger partial charge < -0.3 is 9.64 Å². The number of halogens is 1. The largest absolute Gasteiger partial charge is 0.486 e. The van der Waals surface area contributed by atoms with Crippen LogP contribution in [0.4, 0.5) is 5.69 Å². The van der Waals surface area contributed by atoms with Gasteiger partial charge in [0.1, 0.15) is 12.3 Å². The topological polar surface area (TPSA) is 55.5 Å². The molecule has 3 rings (SSSR count). The number of hydrogen-bond acceptors (Lipinski definition) is 5. The van der Waals surface area contributed by atoms with E-state index in [9.17, 15) is 0 Å². The molecule has 1 aliphatic heterocycles. The Labute approximate surface area is 90.4 Å². The second-order valence-electron chi connectivity index (χ2n) is 3.33. The SMILES string of the molecule is CN1CCOc2c1cnn1c(Cl)nnc21. The molecule has 0 atom stereocenters. The van der Waals surface area contributed by atoms with Crippen LogP contribution in [0.15, 0.2) is 6.20 Å². The maximum atomic E-state index is 5.81. The lowest BCUT2D eigenvalue weighted by molar-refractivity contribution is 0.312. The highest BCUT2D eigenvalue weighted by atomic mass is 35.5. The predicted octanol–water partition coefficient (Wildman–Crippen LogP) is 0.606. The normalized spacial score (nSPS) is 15.2. The van der Waals surface area contributed by atoms with Crippen LogP contribution in [-0.4, -0.2) is 40.0 Å². The molecule has 0 bridgehead atoms. The van der Waals surface area contributed by atoms with Gasteiger partial charge in [-0.25, -0.2) is 0 Å². The Hall–Kier alpha value is -1.56. The second-order valence-corrected chi connectivity index (χ2v) is 3.67. The average Bonchev–Trinajstić information content (AvgIpc) is 2.61. The predicted molar refractivity (Wildman–Crippen MR) is 54.6 cm³/mol. The highest BCUT2D eigenvalue weighted by molar-refractivity contribution is 6.28. The monoisotopic (exact) mass is 225 g/mol. The summed E-state index contributed by atoms with van der Waals surface area (Å²) in [4.78, 5) is 2.06. The number of rotatable bonds is 0. The van der Waals surface area contributed by atoms with Crippen LogP contribution < -0.4 is 9.64 Å². The highest BCUT2D eigenvalue weighted by Crippen LogP contribution is 2.33. The molecule has 78 valence electrons. The molecule has 0 aromatic carbocycles. The molecule has 0 amide bonds. The second kappa shape index (κ2) is 2.96. The summed E-state index contributed by atoms with van der Waals surface area (Å²) in [6, 6.07) is 0. The zero-order chi connectivity index (χ0) is 10.4. The summed E-state index contributed by atoms with van der Waals surface area (Å²) in [5, 5.41) is 12.1. The van der Waals surface area contributed by atoms with Crippen LogP contribution >= 0.6 is 11.6 Å². The molecule has 3 heterocycles. The van der Waals surface area contributed by atoms with Crippen LogP contribution in [0.5, 0.6) is 5.75 Å². The molecule has 2 aromatic heterocycles. The van der Waals surface area contributed by atoms with Crippen molar-refractivity contribution in [2.24, 2.45) is 0 Å². The quantitative estimate of drug-likeness (QED) is 0.658. The van der Waals surface area contributed by atoms with Crippen molar-refractivity contribution in [3.63, 3.8) is 0 Å². The van der Waals surface area contributed by atoms with Crippen molar-refractivity contribution >= 4 is 22.9 Å². The smallest absolute Gasteiger partial charge is 0.246 e. The van der Waals surface area contributed by atoms with Gasteiger partial charge in [0.2, 0.25) is 10.9 Å². The van der Waals surface area contributed by atoms with E-state index < -0.39 is 0 Å². The van der Waals surface area contributed by atoms with Crippen molar-refractivity contribution in [1.82, 2.24) is 19.8 Å². The molecule has 0 radical (unpaired) electrons. The first kappa shape index (κ1) is 8.72. The van der Waals surface area contributed by atoms with Crippen LogP contribution in [0.2, 0.25) is 5.28 Å². The van der Waals surface area contributed by atoms with Gasteiger partial charge >= 0.3 is 0 Å². The number of ether oxygens (including phenoxy) is 1. The van der Waals surface area contributed by atoms with Crippen LogP contribution in [-0.2, 0) is 0 Å². The minimum absolute atomic E-state index is 0.240. The molecule has 0 spiro atoms. The fourth-order valence-corrected chi connectivity index (χ4v) is 1.77. The number of likely N-dealkylation sites (N-methyl/N-ethyl adjacent to an activating group) is 1.